The van der Waals surface area contributed by atoms with E-state index in [1.165, 1.54) is 28.1 Å². The van der Waals surface area contributed by atoms with Gasteiger partial charge in [-0.1, -0.05) is 19.1 Å². The molecule has 0 radical (unpaired) electrons. The zero-order chi connectivity index (χ0) is 21.5. The lowest BCUT2D eigenvalue weighted by Crippen LogP contribution is -2.43. The van der Waals surface area contributed by atoms with Crippen LogP contribution in [0.2, 0.25) is 0 Å². The van der Waals surface area contributed by atoms with Crippen molar-refractivity contribution in [2.75, 3.05) is 29.9 Å². The highest BCUT2D eigenvalue weighted by molar-refractivity contribution is 5.85. The molecule has 3 aromatic rings. The van der Waals surface area contributed by atoms with E-state index in [0.29, 0.717) is 18.4 Å². The summed E-state index contributed by atoms with van der Waals surface area (Å²) in [7, 11) is 0. The number of hydrogen-bond donors (Lipinski definition) is 2. The minimum absolute atomic E-state index is 0. The van der Waals surface area contributed by atoms with Crippen LogP contribution in [-0.4, -0.2) is 39.6 Å². The third-order valence-electron chi connectivity index (χ3n) is 7.48. The fourth-order valence-electron chi connectivity index (χ4n) is 5.94. The van der Waals surface area contributed by atoms with E-state index in [4.69, 9.17) is 4.98 Å². The van der Waals surface area contributed by atoms with Crippen molar-refractivity contribution in [3.63, 3.8) is 0 Å². The molecule has 2 aromatic heterocycles. The largest absolute Gasteiger partial charge is 0.350 e. The van der Waals surface area contributed by atoms with Gasteiger partial charge in [0, 0.05) is 47.8 Å². The summed E-state index contributed by atoms with van der Waals surface area (Å²) in [5.74, 6) is 2.30. The highest BCUT2D eigenvalue weighted by Gasteiger charge is 2.46. The lowest BCUT2D eigenvalue weighted by atomic mass is 9.73. The molecule has 1 spiro atoms. The molecular formula is C25H31Cl2N7. The zero-order valence-corrected chi connectivity index (χ0v) is 21.0. The van der Waals surface area contributed by atoms with Gasteiger partial charge in [-0.05, 0) is 68.0 Å². The van der Waals surface area contributed by atoms with Crippen molar-refractivity contribution in [3.8, 4) is 0 Å². The number of nitrogens with zero attached hydrogens (tertiary/aromatic N) is 5. The lowest BCUT2D eigenvalue weighted by Gasteiger charge is -2.36. The van der Waals surface area contributed by atoms with Crippen molar-refractivity contribution in [2.24, 2.45) is 0 Å². The molecule has 2 aliphatic heterocycles. The first-order valence-electron chi connectivity index (χ1n) is 11.7. The maximum atomic E-state index is 4.85. The summed E-state index contributed by atoms with van der Waals surface area (Å²) < 4.78 is 0. The van der Waals surface area contributed by atoms with Gasteiger partial charge >= 0.3 is 0 Å². The topological polar surface area (TPSA) is 78.9 Å². The monoisotopic (exact) mass is 499 g/mol. The van der Waals surface area contributed by atoms with E-state index in [1.807, 2.05) is 6.07 Å². The van der Waals surface area contributed by atoms with Crippen LogP contribution in [0.4, 0.5) is 17.5 Å². The van der Waals surface area contributed by atoms with Crippen LogP contribution in [0.25, 0.3) is 0 Å². The predicted octanol–water partition coefficient (Wildman–Crippen LogP) is 4.54. The molecule has 0 bridgehead atoms. The normalized spacial score (nSPS) is 19.7. The van der Waals surface area contributed by atoms with Crippen LogP contribution in [-0.2, 0) is 18.4 Å². The number of hydrogen-bond acceptors (Lipinski definition) is 7. The first kappa shape index (κ1) is 24.6. The number of anilines is 3. The summed E-state index contributed by atoms with van der Waals surface area (Å²) in [6, 6.07) is 8.56. The van der Waals surface area contributed by atoms with Crippen LogP contribution in [0.3, 0.4) is 0 Å². The smallest absolute Gasteiger partial charge is 0.222 e. The molecule has 6 rings (SSSR count). The second kappa shape index (κ2) is 10.0. The zero-order valence-electron chi connectivity index (χ0n) is 19.3. The number of rotatable bonds is 4. The van der Waals surface area contributed by atoms with Gasteiger partial charge in [-0.15, -0.1) is 24.8 Å². The summed E-state index contributed by atoms with van der Waals surface area (Å²) in [5.41, 5.74) is 6.83. The van der Waals surface area contributed by atoms with Crippen molar-refractivity contribution >= 4 is 42.3 Å². The first-order valence-corrected chi connectivity index (χ1v) is 11.7. The molecule has 0 saturated carbocycles. The standard InChI is InChI=1S/C25H29N7.2ClH/c1-17-6-7-19-21(17)23(31-16-30-19)32-15-25(8-12-26-13-9-25)22-18(4-2-5-20(22)32)14-29-24-27-10-3-11-28-24;;/h2-5,10-11,16-17,26H,6-9,12-15H2,1H3,(H,27,28,29);2*1H. The molecular weight excluding hydrogens is 469 g/mol. The molecule has 9 heteroatoms. The minimum Gasteiger partial charge on any atom is -0.350 e. The highest BCUT2D eigenvalue weighted by atomic mass is 35.5. The minimum atomic E-state index is 0. The van der Waals surface area contributed by atoms with Crippen LogP contribution in [0, 0.1) is 0 Å². The maximum Gasteiger partial charge on any atom is 0.222 e. The maximum absolute atomic E-state index is 4.85. The van der Waals surface area contributed by atoms with Crippen molar-refractivity contribution < 1.29 is 0 Å². The Morgan fingerprint density at radius 3 is 2.65 bits per heavy atom. The molecule has 0 amide bonds. The molecule has 180 valence electrons. The average Bonchev–Trinajstić information content (AvgIpc) is 3.38. The van der Waals surface area contributed by atoms with Crippen molar-refractivity contribution in [1.82, 2.24) is 25.3 Å². The molecule has 7 nitrogen and oxygen atoms in total. The molecule has 1 atom stereocenters. The van der Waals surface area contributed by atoms with Gasteiger partial charge in [-0.3, -0.25) is 0 Å². The molecule has 2 N–H and O–H groups in total. The Hall–Kier alpha value is -2.48. The molecule has 1 saturated heterocycles. The summed E-state index contributed by atoms with van der Waals surface area (Å²) in [5, 5.41) is 7.00. The Kier molecular flexibility index (Phi) is 7.26. The van der Waals surface area contributed by atoms with E-state index in [-0.39, 0.29) is 30.2 Å². The predicted molar refractivity (Wildman–Crippen MR) is 140 cm³/mol. The van der Waals surface area contributed by atoms with Gasteiger partial charge in [0.1, 0.15) is 12.1 Å². The van der Waals surface area contributed by atoms with E-state index < -0.39 is 0 Å². The Labute approximate surface area is 213 Å². The number of piperidine rings is 1. The molecule has 1 aromatic carbocycles. The molecule has 34 heavy (non-hydrogen) atoms. The van der Waals surface area contributed by atoms with E-state index in [2.05, 4.69) is 55.6 Å². The fraction of sp³-hybridized carbons (Fsp3) is 0.440. The Balaban J connectivity index is 0.00000137. The Bertz CT molecular complexity index is 1140. The van der Waals surface area contributed by atoms with Gasteiger partial charge in [0.2, 0.25) is 5.95 Å². The van der Waals surface area contributed by atoms with Gasteiger partial charge in [-0.2, -0.15) is 0 Å². The van der Waals surface area contributed by atoms with Crippen LogP contribution in [0.5, 0.6) is 0 Å². The lowest BCUT2D eigenvalue weighted by molar-refractivity contribution is 0.327. The van der Waals surface area contributed by atoms with Crippen molar-refractivity contribution in [2.45, 2.75) is 50.5 Å². The van der Waals surface area contributed by atoms with Gasteiger partial charge in [0.15, 0.2) is 0 Å². The number of nitrogens with one attached hydrogen (secondary N) is 2. The van der Waals surface area contributed by atoms with E-state index in [1.54, 1.807) is 18.7 Å². The third-order valence-corrected chi connectivity index (χ3v) is 7.48. The van der Waals surface area contributed by atoms with E-state index in [9.17, 15) is 0 Å². The number of fused-ring (bicyclic) bond motifs is 3. The highest BCUT2D eigenvalue weighted by Crippen LogP contribution is 2.52. The summed E-state index contributed by atoms with van der Waals surface area (Å²) in [6.07, 6.45) is 9.81. The van der Waals surface area contributed by atoms with Crippen LogP contribution in [0.15, 0.2) is 43.0 Å². The SMILES string of the molecule is CC1CCc2ncnc(N3CC4(CCNCC4)c4c(CNc5ncccn5)cccc43)c21.Cl.Cl. The van der Waals surface area contributed by atoms with Gasteiger partial charge in [-0.25, -0.2) is 19.9 Å². The van der Waals surface area contributed by atoms with Crippen LogP contribution >= 0.6 is 24.8 Å². The van der Waals surface area contributed by atoms with Crippen LogP contribution in [0.1, 0.15) is 54.5 Å². The second-order valence-corrected chi connectivity index (χ2v) is 9.35. The van der Waals surface area contributed by atoms with E-state index in [0.717, 1.165) is 51.1 Å². The molecule has 1 aliphatic carbocycles. The van der Waals surface area contributed by atoms with Gasteiger partial charge in [0.25, 0.3) is 0 Å². The molecule has 1 unspecified atom stereocenters. The second-order valence-electron chi connectivity index (χ2n) is 9.35. The Morgan fingerprint density at radius 1 is 1.06 bits per heavy atom. The van der Waals surface area contributed by atoms with Gasteiger partial charge < -0.3 is 15.5 Å². The number of aromatic nitrogens is 4. The molecule has 1 fully saturated rings. The number of aryl methyl sites for hydroxylation is 1. The molecule has 3 aliphatic rings. The third kappa shape index (κ3) is 4.10. The summed E-state index contributed by atoms with van der Waals surface area (Å²) in [6.45, 7) is 6.12. The van der Waals surface area contributed by atoms with E-state index >= 15 is 0 Å². The molecule has 4 heterocycles. The first-order chi connectivity index (χ1) is 15.8. The Morgan fingerprint density at radius 2 is 1.85 bits per heavy atom. The fourth-order valence-corrected chi connectivity index (χ4v) is 5.94. The summed E-state index contributed by atoms with van der Waals surface area (Å²) >= 11 is 0. The quantitative estimate of drug-likeness (QED) is 0.545. The average molecular weight is 500 g/mol. The van der Waals surface area contributed by atoms with Crippen molar-refractivity contribution in [1.29, 1.82) is 0 Å². The number of halogens is 2. The van der Waals surface area contributed by atoms with Crippen LogP contribution < -0.4 is 15.5 Å². The summed E-state index contributed by atoms with van der Waals surface area (Å²) in [4.78, 5) is 20.6. The number of benzene rings is 1. The van der Waals surface area contributed by atoms with Crippen molar-refractivity contribution in [3.05, 3.63) is 65.4 Å². The van der Waals surface area contributed by atoms with Gasteiger partial charge in [0.05, 0.1) is 0 Å².